The molecule has 0 unspecified atom stereocenters. The van der Waals surface area contributed by atoms with E-state index in [-0.39, 0.29) is 43.1 Å². The monoisotopic (exact) mass is 243 g/mol. The lowest BCUT2D eigenvalue weighted by molar-refractivity contribution is -0.114. The molecule has 0 aliphatic rings. The first-order chi connectivity index (χ1) is 4.79. The lowest BCUT2D eigenvalue weighted by Gasteiger charge is -1.98. The van der Waals surface area contributed by atoms with Crippen LogP contribution in [-0.2, 0) is 4.79 Å². The average molecular weight is 245 g/mol. The molecule has 0 aliphatic carbocycles. The van der Waals surface area contributed by atoms with E-state index in [1.165, 1.54) is 6.92 Å². The number of rotatable bonds is 1. The molecule has 76 valence electrons. The molecule has 5 heteroatoms. The number of hydrogen-bond donors (Lipinski definition) is 1. The highest BCUT2D eigenvalue weighted by atomic mass is 35.5. The van der Waals surface area contributed by atoms with Gasteiger partial charge in [-0.15, -0.1) is 37.2 Å². The normalized spacial score (nSPS) is 6.85. The molecule has 1 N–H and O–H groups in total. The van der Waals surface area contributed by atoms with Crippen LogP contribution >= 0.6 is 37.2 Å². The van der Waals surface area contributed by atoms with Crippen LogP contribution in [0, 0.1) is 0 Å². The van der Waals surface area contributed by atoms with Gasteiger partial charge in [-0.3, -0.25) is 4.79 Å². The van der Waals surface area contributed by atoms with Crippen LogP contribution in [0.5, 0.6) is 0 Å². The van der Waals surface area contributed by atoms with Crippen molar-refractivity contribution in [3.8, 4) is 0 Å². The minimum Gasteiger partial charge on any atom is -0.326 e. The van der Waals surface area contributed by atoms with Gasteiger partial charge >= 0.3 is 0 Å². The number of halogens is 3. The summed E-state index contributed by atoms with van der Waals surface area (Å²) in [5.41, 5.74) is 0.843. The van der Waals surface area contributed by atoms with Gasteiger partial charge in [0.25, 0.3) is 0 Å². The largest absolute Gasteiger partial charge is 0.326 e. The number of nitrogens with one attached hydrogen (secondary N) is 1. The number of anilines is 1. The molecule has 0 radical (unpaired) electrons. The third kappa shape index (κ3) is 7.91. The summed E-state index contributed by atoms with van der Waals surface area (Å²) in [6.45, 7) is 1.49. The molecule has 1 amide bonds. The lowest BCUT2D eigenvalue weighted by atomic mass is 10.3. The molecule has 0 spiro atoms. The SMILES string of the molecule is CC(=O)Nc1ccccc1.Cl.Cl.Cl. The molecule has 13 heavy (non-hydrogen) atoms. The molecule has 0 saturated heterocycles. The molecule has 1 rings (SSSR count). The summed E-state index contributed by atoms with van der Waals surface area (Å²) in [6, 6.07) is 9.37. The lowest BCUT2D eigenvalue weighted by Crippen LogP contribution is -2.04. The number of carbonyl (C=O) groups is 1. The van der Waals surface area contributed by atoms with Crippen molar-refractivity contribution in [1.82, 2.24) is 0 Å². The quantitative estimate of drug-likeness (QED) is 0.809. The van der Waals surface area contributed by atoms with Gasteiger partial charge in [0.1, 0.15) is 0 Å². The van der Waals surface area contributed by atoms with Gasteiger partial charge in [-0.1, -0.05) is 18.2 Å². The number of hydrogen-bond acceptors (Lipinski definition) is 1. The van der Waals surface area contributed by atoms with Crippen molar-refractivity contribution in [3.63, 3.8) is 0 Å². The van der Waals surface area contributed by atoms with Crippen LogP contribution in [0.2, 0.25) is 0 Å². The predicted molar refractivity (Wildman–Crippen MR) is 62.5 cm³/mol. The second kappa shape index (κ2) is 9.65. The third-order valence-electron chi connectivity index (χ3n) is 1.09. The highest BCUT2D eigenvalue weighted by molar-refractivity contribution is 5.88. The van der Waals surface area contributed by atoms with Crippen molar-refractivity contribution >= 4 is 48.8 Å². The molecule has 1 aromatic carbocycles. The van der Waals surface area contributed by atoms with Crippen LogP contribution in [0.25, 0.3) is 0 Å². The summed E-state index contributed by atoms with van der Waals surface area (Å²) in [6.07, 6.45) is 0. The Balaban J connectivity index is -0.000000333. The van der Waals surface area contributed by atoms with E-state index in [0.717, 1.165) is 5.69 Å². The Kier molecular flexibility index (Phi) is 13.6. The first-order valence-corrected chi connectivity index (χ1v) is 3.11. The van der Waals surface area contributed by atoms with Crippen LogP contribution in [-0.4, -0.2) is 5.91 Å². The molecule has 0 bridgehead atoms. The standard InChI is InChI=1S/C8H9NO.3ClH/c1-7(10)9-8-5-3-2-4-6-8;;;/h2-6H,1H3,(H,9,10);3*1H. The first-order valence-electron chi connectivity index (χ1n) is 3.11. The van der Waals surface area contributed by atoms with Crippen molar-refractivity contribution in [2.75, 3.05) is 5.32 Å². The molecule has 1 aromatic rings. The summed E-state index contributed by atoms with van der Waals surface area (Å²) in [5, 5.41) is 2.67. The topological polar surface area (TPSA) is 29.1 Å². The van der Waals surface area contributed by atoms with Gasteiger partial charge in [-0.05, 0) is 12.1 Å². The maximum atomic E-state index is 10.5. The molecule has 2 nitrogen and oxygen atoms in total. The Morgan fingerprint density at radius 3 is 1.92 bits per heavy atom. The molecule has 0 aromatic heterocycles. The van der Waals surface area contributed by atoms with E-state index in [9.17, 15) is 4.79 Å². The van der Waals surface area contributed by atoms with E-state index in [1.54, 1.807) is 0 Å². The third-order valence-corrected chi connectivity index (χ3v) is 1.09. The van der Waals surface area contributed by atoms with E-state index < -0.39 is 0 Å². The van der Waals surface area contributed by atoms with E-state index in [2.05, 4.69) is 5.32 Å². The van der Waals surface area contributed by atoms with Crippen molar-refractivity contribution in [2.24, 2.45) is 0 Å². The van der Waals surface area contributed by atoms with Crippen LogP contribution in [0.1, 0.15) is 6.92 Å². The van der Waals surface area contributed by atoms with Crippen LogP contribution < -0.4 is 5.32 Å². The highest BCUT2D eigenvalue weighted by Gasteiger charge is 1.90. The summed E-state index contributed by atoms with van der Waals surface area (Å²) >= 11 is 0. The highest BCUT2D eigenvalue weighted by Crippen LogP contribution is 2.03. The Bertz CT molecular complexity index is 228. The smallest absolute Gasteiger partial charge is 0.221 e. The van der Waals surface area contributed by atoms with E-state index in [1.807, 2.05) is 30.3 Å². The number of carbonyl (C=O) groups excluding carboxylic acids is 1. The Morgan fingerprint density at radius 2 is 1.54 bits per heavy atom. The Hall–Kier alpha value is -0.440. The molecule has 0 heterocycles. The summed E-state index contributed by atoms with van der Waals surface area (Å²) in [4.78, 5) is 10.5. The molecule has 0 fully saturated rings. The molecule has 0 atom stereocenters. The second-order valence-electron chi connectivity index (χ2n) is 2.05. The van der Waals surface area contributed by atoms with Gasteiger partial charge in [0, 0.05) is 12.6 Å². The minimum absolute atomic E-state index is 0. The van der Waals surface area contributed by atoms with Gasteiger partial charge in [0.05, 0.1) is 0 Å². The van der Waals surface area contributed by atoms with Gasteiger partial charge < -0.3 is 5.32 Å². The number of amides is 1. The van der Waals surface area contributed by atoms with Gasteiger partial charge in [0.2, 0.25) is 5.91 Å². The molecule has 0 aliphatic heterocycles. The molecular weight excluding hydrogens is 232 g/mol. The fourth-order valence-corrected chi connectivity index (χ4v) is 0.725. The maximum Gasteiger partial charge on any atom is 0.221 e. The second-order valence-corrected chi connectivity index (χ2v) is 2.05. The summed E-state index contributed by atoms with van der Waals surface area (Å²) in [7, 11) is 0. The van der Waals surface area contributed by atoms with E-state index in [4.69, 9.17) is 0 Å². The zero-order chi connectivity index (χ0) is 7.40. The molecule has 0 saturated carbocycles. The Morgan fingerprint density at radius 1 is 1.08 bits per heavy atom. The molecular formula is C8H12Cl3NO. The van der Waals surface area contributed by atoms with Crippen LogP contribution in [0.3, 0.4) is 0 Å². The fourth-order valence-electron chi connectivity index (χ4n) is 0.725. The zero-order valence-corrected chi connectivity index (χ0v) is 9.47. The van der Waals surface area contributed by atoms with Gasteiger partial charge in [-0.25, -0.2) is 0 Å². The summed E-state index contributed by atoms with van der Waals surface area (Å²) in [5.74, 6) is -0.0359. The van der Waals surface area contributed by atoms with E-state index >= 15 is 0 Å². The average Bonchev–Trinajstić information content (AvgIpc) is 1.88. The number of para-hydroxylation sites is 1. The maximum absolute atomic E-state index is 10.5. The fraction of sp³-hybridized carbons (Fsp3) is 0.125. The van der Waals surface area contributed by atoms with Crippen molar-refractivity contribution in [1.29, 1.82) is 0 Å². The van der Waals surface area contributed by atoms with Crippen molar-refractivity contribution in [3.05, 3.63) is 30.3 Å². The number of benzene rings is 1. The minimum atomic E-state index is -0.0359. The van der Waals surface area contributed by atoms with Crippen LogP contribution in [0.4, 0.5) is 5.69 Å². The van der Waals surface area contributed by atoms with Gasteiger partial charge in [0.15, 0.2) is 0 Å². The van der Waals surface area contributed by atoms with E-state index in [0.29, 0.717) is 0 Å². The van der Waals surface area contributed by atoms with Crippen LogP contribution in [0.15, 0.2) is 30.3 Å². The van der Waals surface area contributed by atoms with Gasteiger partial charge in [-0.2, -0.15) is 0 Å². The zero-order valence-electron chi connectivity index (χ0n) is 7.02. The van der Waals surface area contributed by atoms with Crippen molar-refractivity contribution in [2.45, 2.75) is 6.92 Å². The Labute approximate surface area is 96.3 Å². The first kappa shape index (κ1) is 18.4. The predicted octanol–water partition coefficient (Wildman–Crippen LogP) is 2.91. The van der Waals surface area contributed by atoms with Crippen molar-refractivity contribution < 1.29 is 4.79 Å². The summed E-state index contributed by atoms with van der Waals surface area (Å²) < 4.78 is 0.